The standard InChI is InChI=1S/C19H24O2/c1-14-4-5-15(2)17(12-14)13-18(20)9-6-16-7-10-19(21-3)11-8-16/h4-5,7-8,10-12,18,20H,6,9,13H2,1-3H3. The van der Waals surface area contributed by atoms with E-state index in [0.717, 1.165) is 25.0 Å². The van der Waals surface area contributed by atoms with Crippen molar-refractivity contribution >= 4 is 0 Å². The Kier molecular flexibility index (Phi) is 5.40. The van der Waals surface area contributed by atoms with Gasteiger partial charge in [-0.25, -0.2) is 0 Å². The molecule has 0 bridgehead atoms. The summed E-state index contributed by atoms with van der Waals surface area (Å²) >= 11 is 0. The first kappa shape index (κ1) is 15.6. The molecule has 0 fully saturated rings. The lowest BCUT2D eigenvalue weighted by Gasteiger charge is -2.13. The van der Waals surface area contributed by atoms with Crippen molar-refractivity contribution in [1.29, 1.82) is 0 Å². The second kappa shape index (κ2) is 7.28. The molecule has 2 nitrogen and oxygen atoms in total. The van der Waals surface area contributed by atoms with Gasteiger partial charge < -0.3 is 9.84 Å². The molecule has 112 valence electrons. The van der Waals surface area contributed by atoms with Crippen LogP contribution in [0.1, 0.15) is 28.7 Å². The molecule has 2 rings (SSSR count). The van der Waals surface area contributed by atoms with Crippen LogP contribution in [0.15, 0.2) is 42.5 Å². The van der Waals surface area contributed by atoms with Crippen LogP contribution in [0.4, 0.5) is 0 Å². The SMILES string of the molecule is COc1ccc(CCC(O)Cc2cc(C)ccc2C)cc1. The topological polar surface area (TPSA) is 29.5 Å². The fourth-order valence-electron chi connectivity index (χ4n) is 2.50. The predicted octanol–water partition coefficient (Wildman–Crippen LogP) is 3.85. The van der Waals surface area contributed by atoms with Crippen LogP contribution in [-0.2, 0) is 12.8 Å². The van der Waals surface area contributed by atoms with E-state index in [0.29, 0.717) is 0 Å². The van der Waals surface area contributed by atoms with Crippen molar-refractivity contribution in [2.75, 3.05) is 7.11 Å². The van der Waals surface area contributed by atoms with Gasteiger partial charge in [-0.05, 0) is 61.9 Å². The lowest BCUT2D eigenvalue weighted by Crippen LogP contribution is -2.12. The van der Waals surface area contributed by atoms with Crippen LogP contribution in [0.2, 0.25) is 0 Å². The van der Waals surface area contributed by atoms with Crippen molar-refractivity contribution in [3.63, 3.8) is 0 Å². The Morgan fingerprint density at radius 1 is 1.05 bits per heavy atom. The number of hydrogen-bond acceptors (Lipinski definition) is 2. The first-order valence-corrected chi connectivity index (χ1v) is 7.45. The number of aliphatic hydroxyl groups is 1. The maximum atomic E-state index is 10.3. The minimum atomic E-state index is -0.299. The third kappa shape index (κ3) is 4.61. The van der Waals surface area contributed by atoms with Crippen molar-refractivity contribution in [3.8, 4) is 5.75 Å². The van der Waals surface area contributed by atoms with Crippen molar-refractivity contribution in [2.24, 2.45) is 0 Å². The van der Waals surface area contributed by atoms with Crippen LogP contribution in [0.5, 0.6) is 5.75 Å². The smallest absolute Gasteiger partial charge is 0.118 e. The molecule has 1 atom stereocenters. The minimum Gasteiger partial charge on any atom is -0.497 e. The first-order chi connectivity index (χ1) is 10.1. The quantitative estimate of drug-likeness (QED) is 0.873. The summed E-state index contributed by atoms with van der Waals surface area (Å²) in [5, 5.41) is 10.3. The summed E-state index contributed by atoms with van der Waals surface area (Å²) in [4.78, 5) is 0. The van der Waals surface area contributed by atoms with E-state index < -0.39 is 0 Å². The molecule has 2 aromatic carbocycles. The Labute approximate surface area is 127 Å². The Bertz CT molecular complexity index is 573. The maximum Gasteiger partial charge on any atom is 0.118 e. The number of benzene rings is 2. The van der Waals surface area contributed by atoms with Crippen molar-refractivity contribution in [1.82, 2.24) is 0 Å². The van der Waals surface area contributed by atoms with Crippen LogP contribution >= 0.6 is 0 Å². The third-order valence-corrected chi connectivity index (χ3v) is 3.89. The molecule has 0 aliphatic carbocycles. The normalized spacial score (nSPS) is 12.2. The molecule has 0 radical (unpaired) electrons. The second-order valence-electron chi connectivity index (χ2n) is 5.67. The van der Waals surface area contributed by atoms with Gasteiger partial charge in [0.25, 0.3) is 0 Å². The summed E-state index contributed by atoms with van der Waals surface area (Å²) in [5.41, 5.74) is 4.98. The molecule has 0 aliphatic rings. The van der Waals surface area contributed by atoms with E-state index in [1.807, 2.05) is 12.1 Å². The number of hydrogen-bond donors (Lipinski definition) is 1. The molecule has 2 aromatic rings. The summed E-state index contributed by atoms with van der Waals surface area (Å²) in [5.74, 6) is 0.870. The highest BCUT2D eigenvalue weighted by Gasteiger charge is 2.08. The second-order valence-corrected chi connectivity index (χ2v) is 5.67. The predicted molar refractivity (Wildman–Crippen MR) is 86.9 cm³/mol. The average Bonchev–Trinajstić information content (AvgIpc) is 2.49. The van der Waals surface area contributed by atoms with Gasteiger partial charge in [0.1, 0.15) is 5.75 Å². The van der Waals surface area contributed by atoms with Crippen LogP contribution in [0.3, 0.4) is 0 Å². The molecule has 0 saturated carbocycles. The van der Waals surface area contributed by atoms with E-state index in [2.05, 4.69) is 44.2 Å². The molecule has 2 heteroatoms. The van der Waals surface area contributed by atoms with Gasteiger partial charge in [-0.3, -0.25) is 0 Å². The summed E-state index contributed by atoms with van der Waals surface area (Å²) in [6, 6.07) is 14.5. The van der Waals surface area contributed by atoms with Crippen LogP contribution < -0.4 is 4.74 Å². The van der Waals surface area contributed by atoms with Crippen LogP contribution in [0.25, 0.3) is 0 Å². The molecule has 0 heterocycles. The molecular formula is C19H24O2. The molecule has 1 unspecified atom stereocenters. The zero-order valence-electron chi connectivity index (χ0n) is 13.1. The van der Waals surface area contributed by atoms with Crippen LogP contribution in [0, 0.1) is 13.8 Å². The zero-order valence-corrected chi connectivity index (χ0v) is 13.1. The van der Waals surface area contributed by atoms with Gasteiger partial charge in [-0.1, -0.05) is 35.9 Å². The minimum absolute atomic E-state index is 0.299. The van der Waals surface area contributed by atoms with Gasteiger partial charge in [-0.15, -0.1) is 0 Å². The number of methoxy groups -OCH3 is 1. The molecule has 0 aromatic heterocycles. The van der Waals surface area contributed by atoms with E-state index in [9.17, 15) is 5.11 Å². The first-order valence-electron chi connectivity index (χ1n) is 7.45. The van der Waals surface area contributed by atoms with Gasteiger partial charge in [0.05, 0.1) is 13.2 Å². The molecule has 1 N–H and O–H groups in total. The molecule has 0 saturated heterocycles. The largest absolute Gasteiger partial charge is 0.497 e. The Hall–Kier alpha value is -1.80. The van der Waals surface area contributed by atoms with E-state index in [1.165, 1.54) is 22.3 Å². The fraction of sp³-hybridized carbons (Fsp3) is 0.368. The monoisotopic (exact) mass is 284 g/mol. The van der Waals surface area contributed by atoms with Crippen molar-refractivity contribution in [2.45, 2.75) is 39.2 Å². The number of aryl methyl sites for hydroxylation is 3. The summed E-state index contributed by atoms with van der Waals surface area (Å²) in [6.07, 6.45) is 2.09. The van der Waals surface area contributed by atoms with Crippen molar-refractivity contribution in [3.05, 3.63) is 64.7 Å². The molecule has 0 amide bonds. The molecule has 0 aliphatic heterocycles. The summed E-state index contributed by atoms with van der Waals surface area (Å²) in [7, 11) is 1.67. The molecular weight excluding hydrogens is 260 g/mol. The third-order valence-electron chi connectivity index (χ3n) is 3.89. The van der Waals surface area contributed by atoms with E-state index in [-0.39, 0.29) is 6.10 Å². The summed E-state index contributed by atoms with van der Waals surface area (Å²) < 4.78 is 5.15. The van der Waals surface area contributed by atoms with Gasteiger partial charge in [-0.2, -0.15) is 0 Å². The van der Waals surface area contributed by atoms with Gasteiger partial charge in [0.2, 0.25) is 0 Å². The fourth-order valence-corrected chi connectivity index (χ4v) is 2.50. The summed E-state index contributed by atoms with van der Waals surface area (Å²) in [6.45, 7) is 4.19. The maximum absolute atomic E-state index is 10.3. The van der Waals surface area contributed by atoms with E-state index in [4.69, 9.17) is 4.74 Å². The lowest BCUT2D eigenvalue weighted by molar-refractivity contribution is 0.165. The van der Waals surface area contributed by atoms with Gasteiger partial charge in [0.15, 0.2) is 0 Å². The Balaban J connectivity index is 1.89. The highest BCUT2D eigenvalue weighted by molar-refractivity contribution is 5.31. The zero-order chi connectivity index (χ0) is 15.2. The molecule has 21 heavy (non-hydrogen) atoms. The highest BCUT2D eigenvalue weighted by Crippen LogP contribution is 2.17. The Morgan fingerprint density at radius 2 is 1.76 bits per heavy atom. The average molecular weight is 284 g/mol. The lowest BCUT2D eigenvalue weighted by atomic mass is 9.97. The van der Waals surface area contributed by atoms with Crippen molar-refractivity contribution < 1.29 is 9.84 Å². The highest BCUT2D eigenvalue weighted by atomic mass is 16.5. The number of rotatable bonds is 6. The van der Waals surface area contributed by atoms with E-state index >= 15 is 0 Å². The van der Waals surface area contributed by atoms with Gasteiger partial charge >= 0.3 is 0 Å². The van der Waals surface area contributed by atoms with Gasteiger partial charge in [0, 0.05) is 0 Å². The van der Waals surface area contributed by atoms with Crippen LogP contribution in [-0.4, -0.2) is 18.3 Å². The Morgan fingerprint density at radius 3 is 2.43 bits per heavy atom. The number of aliphatic hydroxyl groups excluding tert-OH is 1. The molecule has 0 spiro atoms. The number of ether oxygens (including phenoxy) is 1. The van der Waals surface area contributed by atoms with E-state index in [1.54, 1.807) is 7.11 Å².